The summed E-state index contributed by atoms with van der Waals surface area (Å²) in [6, 6.07) is 9.36. The van der Waals surface area contributed by atoms with Crippen LogP contribution in [0.15, 0.2) is 40.9 Å². The number of rotatable bonds is 6. The van der Waals surface area contributed by atoms with Crippen LogP contribution in [0.4, 0.5) is 0 Å². The molecule has 203 valence electrons. The number of aromatic nitrogens is 1. The Labute approximate surface area is 226 Å². The molecule has 2 aliphatic rings. The third kappa shape index (κ3) is 4.72. The molecule has 0 spiro atoms. The van der Waals surface area contributed by atoms with Gasteiger partial charge in [0.05, 0.1) is 17.1 Å². The van der Waals surface area contributed by atoms with Crippen LogP contribution in [0, 0.1) is 5.41 Å². The van der Waals surface area contributed by atoms with E-state index in [1.54, 1.807) is 6.20 Å². The van der Waals surface area contributed by atoms with Crippen molar-refractivity contribution in [2.45, 2.75) is 91.1 Å². The van der Waals surface area contributed by atoms with Crippen molar-refractivity contribution in [1.29, 1.82) is 0 Å². The Morgan fingerprint density at radius 2 is 1.84 bits per heavy atom. The Morgan fingerprint density at radius 1 is 1.11 bits per heavy atom. The molecule has 2 aromatic heterocycles. The van der Waals surface area contributed by atoms with Crippen LogP contribution < -0.4 is 4.74 Å². The first-order chi connectivity index (χ1) is 17.7. The van der Waals surface area contributed by atoms with Gasteiger partial charge >= 0.3 is 0 Å². The number of ketones is 1. The molecule has 3 atom stereocenters. The maximum atomic E-state index is 13.5. The summed E-state index contributed by atoms with van der Waals surface area (Å²) in [6.07, 6.45) is 0.956. The monoisotopic (exact) mass is 536 g/mol. The summed E-state index contributed by atoms with van der Waals surface area (Å²) in [5, 5.41) is 0.748. The number of carbonyl (C=O) groups is 1. The largest absolute Gasteiger partial charge is 0.491 e. The lowest BCUT2D eigenvalue weighted by Crippen LogP contribution is -2.48. The molecule has 1 saturated heterocycles. The summed E-state index contributed by atoms with van der Waals surface area (Å²) < 4.78 is 31.5. The lowest BCUT2D eigenvalue weighted by molar-refractivity contribution is -0.160. The van der Waals surface area contributed by atoms with Gasteiger partial charge in [-0.05, 0) is 82.1 Å². The van der Waals surface area contributed by atoms with E-state index in [9.17, 15) is 4.79 Å². The minimum atomic E-state index is -0.962. The molecule has 1 unspecified atom stereocenters. The minimum absolute atomic E-state index is 0.0520. The molecule has 3 heterocycles. The van der Waals surface area contributed by atoms with Gasteiger partial charge in [0.2, 0.25) is 14.8 Å². The summed E-state index contributed by atoms with van der Waals surface area (Å²) >= 11 is 0. The van der Waals surface area contributed by atoms with Crippen LogP contribution in [0.5, 0.6) is 5.75 Å². The molecule has 1 radical (unpaired) electrons. The van der Waals surface area contributed by atoms with Crippen molar-refractivity contribution >= 4 is 25.9 Å². The van der Waals surface area contributed by atoms with Crippen LogP contribution in [0.2, 0.25) is 13.1 Å². The number of hydrogen-bond donors (Lipinski definition) is 0. The second kappa shape index (κ2) is 9.29. The van der Waals surface area contributed by atoms with E-state index in [4.69, 9.17) is 23.1 Å². The van der Waals surface area contributed by atoms with Gasteiger partial charge in [0, 0.05) is 17.2 Å². The maximum Gasteiger partial charge on any atom is 0.226 e. The van der Waals surface area contributed by atoms with E-state index < -0.39 is 20.2 Å². The van der Waals surface area contributed by atoms with Crippen molar-refractivity contribution in [2.75, 3.05) is 6.61 Å². The predicted molar refractivity (Wildman–Crippen MR) is 147 cm³/mol. The highest BCUT2D eigenvalue weighted by Crippen LogP contribution is 2.46. The van der Waals surface area contributed by atoms with Crippen LogP contribution >= 0.6 is 0 Å². The van der Waals surface area contributed by atoms with E-state index >= 15 is 0 Å². The molecular weight excluding hydrogens is 498 g/mol. The van der Waals surface area contributed by atoms with E-state index in [0.29, 0.717) is 35.0 Å². The fraction of sp³-hybridized carbons (Fsp3) is 0.533. The molecule has 8 heteroatoms. The molecule has 1 aromatic carbocycles. The summed E-state index contributed by atoms with van der Waals surface area (Å²) in [7, 11) is -0.962. The second-order valence-electron chi connectivity index (χ2n) is 12.6. The number of benzene rings is 1. The molecule has 5 rings (SSSR count). The van der Waals surface area contributed by atoms with E-state index in [1.165, 1.54) is 0 Å². The number of fused-ring (bicyclic) bond motifs is 4. The molecular formula is C30H38NO6Si. The summed E-state index contributed by atoms with van der Waals surface area (Å²) in [6.45, 7) is 19.0. The highest BCUT2D eigenvalue weighted by atomic mass is 28.3. The van der Waals surface area contributed by atoms with Gasteiger partial charge in [-0.25, -0.2) is 4.98 Å². The average molecular weight is 537 g/mol. The maximum absolute atomic E-state index is 13.5. The summed E-state index contributed by atoms with van der Waals surface area (Å²) in [5.74, 6) is 0.509. The second-order valence-corrected chi connectivity index (χ2v) is 14.6. The fourth-order valence-electron chi connectivity index (χ4n) is 5.60. The van der Waals surface area contributed by atoms with E-state index in [-0.39, 0.29) is 29.5 Å². The predicted octanol–water partition coefficient (Wildman–Crippen LogP) is 6.28. The Balaban J connectivity index is 1.42. The molecule has 0 N–H and O–H groups in total. The van der Waals surface area contributed by atoms with Gasteiger partial charge < -0.3 is 23.1 Å². The number of hydrogen-bond acceptors (Lipinski definition) is 7. The number of furan rings is 1. The van der Waals surface area contributed by atoms with Gasteiger partial charge in [-0.15, -0.1) is 0 Å². The smallest absolute Gasteiger partial charge is 0.226 e. The van der Waals surface area contributed by atoms with Gasteiger partial charge in [-0.2, -0.15) is 0 Å². The number of carbonyl (C=O) groups excluding carboxylic acids is 1. The highest BCUT2D eigenvalue weighted by molar-refractivity contribution is 6.48. The zero-order valence-electron chi connectivity index (χ0n) is 23.8. The van der Waals surface area contributed by atoms with Crippen molar-refractivity contribution in [3.63, 3.8) is 0 Å². The van der Waals surface area contributed by atoms with Gasteiger partial charge in [0.1, 0.15) is 30.3 Å². The molecule has 1 aliphatic carbocycles. The van der Waals surface area contributed by atoms with Crippen molar-refractivity contribution in [2.24, 2.45) is 5.41 Å². The third-order valence-corrected chi connectivity index (χ3v) is 8.05. The molecule has 0 saturated carbocycles. The van der Waals surface area contributed by atoms with E-state index in [0.717, 1.165) is 10.9 Å². The summed E-state index contributed by atoms with van der Waals surface area (Å²) in [5.41, 5.74) is 1.93. The zero-order valence-corrected chi connectivity index (χ0v) is 24.8. The molecule has 1 fully saturated rings. The normalized spacial score (nSPS) is 22.9. The van der Waals surface area contributed by atoms with E-state index in [2.05, 4.69) is 52.7 Å². The lowest BCUT2D eigenvalue weighted by atomic mass is 9.72. The molecule has 7 nitrogen and oxygen atoms in total. The van der Waals surface area contributed by atoms with Gasteiger partial charge in [0.15, 0.2) is 11.6 Å². The first-order valence-corrected chi connectivity index (χ1v) is 15.6. The minimum Gasteiger partial charge on any atom is -0.491 e. The van der Waals surface area contributed by atoms with Crippen LogP contribution in [-0.2, 0) is 19.3 Å². The summed E-state index contributed by atoms with van der Waals surface area (Å²) in [4.78, 5) is 17.9. The first kappa shape index (κ1) is 27.1. The van der Waals surface area contributed by atoms with Crippen molar-refractivity contribution < 1.29 is 27.8 Å². The van der Waals surface area contributed by atoms with Gasteiger partial charge in [0.25, 0.3) is 0 Å². The zero-order chi connectivity index (χ0) is 27.6. The SMILES string of the molecule is C[Si](C)OC([C@@H]1OC(C)(C)O[C@@H]1COc1ccc2c(c1)C(C)(C)c1oc3ncccc3c1C2=O)C(C)(C)C. The number of nitrogens with zero attached hydrogens (tertiary/aromatic N) is 1. The lowest BCUT2D eigenvalue weighted by Gasteiger charge is -2.37. The Morgan fingerprint density at radius 3 is 2.53 bits per heavy atom. The third-order valence-electron chi connectivity index (χ3n) is 7.32. The van der Waals surface area contributed by atoms with Gasteiger partial charge in [-0.1, -0.05) is 20.8 Å². The fourth-order valence-corrected chi connectivity index (χ4v) is 6.60. The van der Waals surface area contributed by atoms with Crippen LogP contribution in [0.3, 0.4) is 0 Å². The van der Waals surface area contributed by atoms with Gasteiger partial charge in [-0.3, -0.25) is 4.79 Å². The standard InChI is InChI=1S/C30H38NO6Si/c1-28(2,3)26(37-38(8)9)24-21(35-30(6,7)36-24)16-33-17-12-13-18-20(15-17)29(4,5)25-22(23(18)32)19-11-10-14-31-27(19)34-25/h10-15,21,24,26H,16H2,1-9H3/t21-,24-,26?/m1/s1. The molecule has 0 amide bonds. The number of pyridine rings is 1. The molecule has 3 aromatic rings. The highest BCUT2D eigenvalue weighted by Gasteiger charge is 2.49. The van der Waals surface area contributed by atoms with Crippen LogP contribution in [0.1, 0.15) is 75.7 Å². The Kier molecular flexibility index (Phi) is 6.62. The Hall–Kier alpha value is -2.52. The molecule has 1 aliphatic heterocycles. The van der Waals surface area contributed by atoms with Crippen LogP contribution in [0.25, 0.3) is 11.1 Å². The van der Waals surface area contributed by atoms with E-state index in [1.807, 2.05) is 44.2 Å². The van der Waals surface area contributed by atoms with Crippen molar-refractivity contribution in [3.05, 3.63) is 59.0 Å². The number of ether oxygens (including phenoxy) is 3. The van der Waals surface area contributed by atoms with Crippen molar-refractivity contribution in [1.82, 2.24) is 4.98 Å². The quantitative estimate of drug-likeness (QED) is 0.343. The average Bonchev–Trinajstić information content (AvgIpc) is 3.37. The van der Waals surface area contributed by atoms with Crippen LogP contribution in [-0.4, -0.2) is 50.5 Å². The Bertz CT molecular complexity index is 1370. The molecule has 38 heavy (non-hydrogen) atoms. The molecule has 0 bridgehead atoms. The van der Waals surface area contributed by atoms with Crippen molar-refractivity contribution in [3.8, 4) is 5.75 Å². The first-order valence-electron chi connectivity index (χ1n) is 13.2. The topological polar surface area (TPSA) is 80.0 Å².